The van der Waals surface area contributed by atoms with Gasteiger partial charge in [-0.05, 0) is 38.0 Å². The molecule has 1 aliphatic heterocycles. The number of H-pyrrole nitrogens is 1. The Hall–Kier alpha value is -3.21. The summed E-state index contributed by atoms with van der Waals surface area (Å²) < 4.78 is 38.8. The number of Topliss-reactive ketones (excluding diaryl/α,β-unsaturated/α-hetero) is 2. The predicted molar refractivity (Wildman–Crippen MR) is 116 cm³/mol. The first kappa shape index (κ1) is 24.4. The zero-order valence-corrected chi connectivity index (χ0v) is 18.6. The summed E-state index contributed by atoms with van der Waals surface area (Å²) in [5, 5.41) is 11.4. The van der Waals surface area contributed by atoms with Crippen molar-refractivity contribution in [1.29, 1.82) is 0 Å². The summed E-state index contributed by atoms with van der Waals surface area (Å²) in [4.78, 5) is 42.0. The van der Waals surface area contributed by atoms with Crippen LogP contribution in [-0.4, -0.2) is 59.1 Å². The van der Waals surface area contributed by atoms with E-state index in [-0.39, 0.29) is 23.8 Å². The lowest BCUT2D eigenvalue weighted by atomic mass is 10.0. The molecule has 0 atom stereocenters. The van der Waals surface area contributed by atoms with E-state index in [1.165, 1.54) is 6.92 Å². The van der Waals surface area contributed by atoms with Crippen LogP contribution in [0, 0.1) is 17.0 Å². The summed E-state index contributed by atoms with van der Waals surface area (Å²) in [7, 11) is 0. The summed E-state index contributed by atoms with van der Waals surface area (Å²) in [5.41, 5.74) is 0.770. The number of nitrogens with one attached hydrogen (secondary N) is 1. The fourth-order valence-corrected chi connectivity index (χ4v) is 4.29. The van der Waals surface area contributed by atoms with E-state index in [1.54, 1.807) is 11.8 Å². The first-order chi connectivity index (χ1) is 15.4. The Bertz CT molecular complexity index is 1090. The molecule has 178 valence electrons. The number of hydrogen-bond donors (Lipinski definition) is 1. The SMILES string of the molecule is CCc1c(C(=O)CN2CCN(c3ccc(C(F)(F)F)cc3[N+](=O)[O-])CC2)[nH]c(C)c1C(C)=O. The van der Waals surface area contributed by atoms with Crippen molar-refractivity contribution in [1.82, 2.24) is 9.88 Å². The number of anilines is 1. The number of piperazine rings is 1. The highest BCUT2D eigenvalue weighted by Gasteiger charge is 2.34. The highest BCUT2D eigenvalue weighted by atomic mass is 19.4. The van der Waals surface area contributed by atoms with E-state index >= 15 is 0 Å². The number of aromatic amines is 1. The van der Waals surface area contributed by atoms with Crippen LogP contribution in [0.2, 0.25) is 0 Å². The number of carbonyl (C=O) groups is 2. The van der Waals surface area contributed by atoms with Crippen LogP contribution in [-0.2, 0) is 12.6 Å². The molecule has 2 aromatic rings. The number of nitrogens with zero attached hydrogens (tertiary/aromatic N) is 3. The van der Waals surface area contributed by atoms with Crippen molar-refractivity contribution in [3.8, 4) is 0 Å². The van der Waals surface area contributed by atoms with Crippen LogP contribution < -0.4 is 4.90 Å². The standard InChI is InChI=1S/C22H25F3N4O4/c1-4-16-20(14(3)30)13(2)26-21(16)19(31)12-27-7-9-28(10-8-27)17-6-5-15(22(23,24)25)11-18(17)29(32)33/h5-6,11,26H,4,7-10,12H2,1-3H3. The number of alkyl halides is 3. The lowest BCUT2D eigenvalue weighted by Gasteiger charge is -2.35. The summed E-state index contributed by atoms with van der Waals surface area (Å²) in [6, 6.07) is 2.52. The van der Waals surface area contributed by atoms with E-state index in [0.29, 0.717) is 61.2 Å². The van der Waals surface area contributed by atoms with E-state index in [2.05, 4.69) is 4.98 Å². The summed E-state index contributed by atoms with van der Waals surface area (Å²) >= 11 is 0. The molecule has 0 aliphatic carbocycles. The van der Waals surface area contributed by atoms with Crippen LogP contribution in [0.5, 0.6) is 0 Å². The number of carbonyl (C=O) groups excluding carboxylic acids is 2. The largest absolute Gasteiger partial charge is 0.416 e. The van der Waals surface area contributed by atoms with Gasteiger partial charge in [0.15, 0.2) is 11.6 Å². The number of hydrogen-bond acceptors (Lipinski definition) is 6. The molecule has 0 unspecified atom stereocenters. The van der Waals surface area contributed by atoms with Crippen molar-refractivity contribution in [2.75, 3.05) is 37.6 Å². The van der Waals surface area contributed by atoms with Crippen LogP contribution in [0.4, 0.5) is 24.5 Å². The van der Waals surface area contributed by atoms with Gasteiger partial charge in [-0.15, -0.1) is 0 Å². The number of aryl methyl sites for hydroxylation is 1. The quantitative estimate of drug-likeness (QED) is 0.376. The first-order valence-electron chi connectivity index (χ1n) is 10.5. The van der Waals surface area contributed by atoms with Crippen LogP contribution in [0.25, 0.3) is 0 Å². The van der Waals surface area contributed by atoms with Gasteiger partial charge >= 0.3 is 6.18 Å². The number of rotatable bonds is 7. The number of halogens is 3. The van der Waals surface area contributed by atoms with Gasteiger partial charge in [-0.3, -0.25) is 24.6 Å². The van der Waals surface area contributed by atoms with E-state index in [1.807, 2.05) is 11.8 Å². The van der Waals surface area contributed by atoms with Crippen LogP contribution in [0.3, 0.4) is 0 Å². The lowest BCUT2D eigenvalue weighted by molar-refractivity contribution is -0.384. The smallest absolute Gasteiger partial charge is 0.363 e. The Morgan fingerprint density at radius 1 is 1.18 bits per heavy atom. The molecule has 3 rings (SSSR count). The Kier molecular flexibility index (Phi) is 6.92. The predicted octanol–water partition coefficient (Wildman–Crippen LogP) is 4.02. The maximum atomic E-state index is 12.9. The Balaban J connectivity index is 1.71. The Morgan fingerprint density at radius 3 is 2.33 bits per heavy atom. The van der Waals surface area contributed by atoms with Gasteiger partial charge in [-0.25, -0.2) is 0 Å². The third-order valence-electron chi connectivity index (χ3n) is 5.86. The van der Waals surface area contributed by atoms with Gasteiger partial charge in [-0.2, -0.15) is 13.2 Å². The maximum Gasteiger partial charge on any atom is 0.416 e. The monoisotopic (exact) mass is 466 g/mol. The van der Waals surface area contributed by atoms with Gasteiger partial charge in [0.1, 0.15) is 5.69 Å². The van der Waals surface area contributed by atoms with E-state index < -0.39 is 22.4 Å². The second kappa shape index (κ2) is 9.34. The average Bonchev–Trinajstić information content (AvgIpc) is 3.09. The molecular weight excluding hydrogens is 441 g/mol. The van der Waals surface area contributed by atoms with Gasteiger partial charge in [0.25, 0.3) is 5.69 Å². The second-order valence-electron chi connectivity index (χ2n) is 8.03. The molecule has 1 N–H and O–H groups in total. The number of ketones is 2. The molecule has 0 spiro atoms. The normalized spacial score (nSPS) is 15.0. The Labute approximate surface area is 188 Å². The molecule has 1 aliphatic rings. The molecule has 0 radical (unpaired) electrons. The molecule has 8 nitrogen and oxygen atoms in total. The fraction of sp³-hybridized carbons (Fsp3) is 0.455. The minimum atomic E-state index is -4.67. The molecule has 0 bridgehead atoms. The number of benzene rings is 1. The zero-order valence-electron chi connectivity index (χ0n) is 18.6. The zero-order chi connectivity index (χ0) is 24.5. The Morgan fingerprint density at radius 2 is 1.82 bits per heavy atom. The molecule has 2 heterocycles. The van der Waals surface area contributed by atoms with Crippen LogP contribution in [0.1, 0.15) is 51.5 Å². The summed E-state index contributed by atoms with van der Waals surface area (Å²) in [6.45, 7) is 6.65. The first-order valence-corrected chi connectivity index (χ1v) is 10.5. The topological polar surface area (TPSA) is 99.5 Å². The van der Waals surface area contributed by atoms with Gasteiger partial charge in [0, 0.05) is 43.5 Å². The van der Waals surface area contributed by atoms with Crippen molar-refractivity contribution in [2.24, 2.45) is 0 Å². The summed E-state index contributed by atoms with van der Waals surface area (Å²) in [6.07, 6.45) is -4.14. The molecule has 1 fully saturated rings. The van der Waals surface area contributed by atoms with E-state index in [0.717, 1.165) is 12.1 Å². The van der Waals surface area contributed by atoms with E-state index in [4.69, 9.17) is 0 Å². The molecule has 1 aromatic heterocycles. The molecule has 0 saturated carbocycles. The molecule has 1 aromatic carbocycles. The average molecular weight is 466 g/mol. The van der Waals surface area contributed by atoms with Gasteiger partial charge in [-0.1, -0.05) is 6.92 Å². The number of aromatic nitrogens is 1. The minimum Gasteiger partial charge on any atom is -0.363 e. The van der Waals surface area contributed by atoms with Crippen LogP contribution >= 0.6 is 0 Å². The molecule has 0 amide bonds. The van der Waals surface area contributed by atoms with E-state index in [9.17, 15) is 32.9 Å². The van der Waals surface area contributed by atoms with Gasteiger partial charge in [0.2, 0.25) is 0 Å². The van der Waals surface area contributed by atoms with Crippen molar-refractivity contribution < 1.29 is 27.7 Å². The van der Waals surface area contributed by atoms with Gasteiger partial charge in [0.05, 0.1) is 22.7 Å². The molecule has 11 heteroatoms. The third kappa shape index (κ3) is 5.08. The molecule has 1 saturated heterocycles. The van der Waals surface area contributed by atoms with Crippen molar-refractivity contribution in [2.45, 2.75) is 33.4 Å². The van der Waals surface area contributed by atoms with Crippen molar-refractivity contribution in [3.05, 3.63) is 56.4 Å². The van der Waals surface area contributed by atoms with Crippen molar-refractivity contribution >= 4 is 22.9 Å². The lowest BCUT2D eigenvalue weighted by Crippen LogP contribution is -2.48. The highest BCUT2D eigenvalue weighted by molar-refractivity contribution is 6.04. The number of nitro benzene ring substituents is 1. The number of nitro groups is 1. The molecular formula is C22H25F3N4O4. The summed E-state index contributed by atoms with van der Waals surface area (Å²) in [5.74, 6) is -0.261. The third-order valence-corrected chi connectivity index (χ3v) is 5.86. The van der Waals surface area contributed by atoms with Gasteiger partial charge < -0.3 is 9.88 Å². The fourth-order valence-electron chi connectivity index (χ4n) is 4.29. The second-order valence-corrected chi connectivity index (χ2v) is 8.03. The minimum absolute atomic E-state index is 0.104. The van der Waals surface area contributed by atoms with Crippen LogP contribution in [0.15, 0.2) is 18.2 Å². The highest BCUT2D eigenvalue weighted by Crippen LogP contribution is 2.36. The molecule has 33 heavy (non-hydrogen) atoms. The van der Waals surface area contributed by atoms with Crippen molar-refractivity contribution in [3.63, 3.8) is 0 Å². The maximum absolute atomic E-state index is 12.9.